The van der Waals surface area contributed by atoms with Crippen LogP contribution in [-0.4, -0.2) is 49.0 Å². The van der Waals surface area contributed by atoms with E-state index in [1.165, 1.54) is 11.9 Å². The van der Waals surface area contributed by atoms with Crippen molar-refractivity contribution in [1.29, 1.82) is 0 Å². The minimum atomic E-state index is -0.808. The quantitative estimate of drug-likeness (QED) is 0.640. The second-order valence-electron chi connectivity index (χ2n) is 7.00. The van der Waals surface area contributed by atoms with E-state index in [-0.39, 0.29) is 12.5 Å². The number of likely N-dealkylation sites (N-methyl/N-ethyl adjacent to an activating group) is 1. The molecule has 0 bridgehead atoms. The molecule has 0 aliphatic rings. The van der Waals surface area contributed by atoms with Crippen LogP contribution in [0.15, 0.2) is 48.5 Å². The maximum atomic E-state index is 12.3. The highest BCUT2D eigenvalue weighted by atomic mass is 16.6. The van der Waals surface area contributed by atoms with Crippen LogP contribution in [0, 0.1) is 13.8 Å². The molecule has 1 N–H and O–H groups in total. The van der Waals surface area contributed by atoms with Crippen LogP contribution >= 0.6 is 0 Å². The van der Waals surface area contributed by atoms with Crippen LogP contribution in [0.3, 0.4) is 0 Å². The third-order valence-corrected chi connectivity index (χ3v) is 4.55. The summed E-state index contributed by atoms with van der Waals surface area (Å²) in [5.41, 5.74) is 2.61. The Bertz CT molecular complexity index is 862. The average molecular weight is 412 g/mol. The molecule has 0 aliphatic carbocycles. The molecule has 0 spiro atoms. The minimum Gasteiger partial charge on any atom is -0.479 e. The van der Waals surface area contributed by atoms with E-state index in [0.717, 1.165) is 16.8 Å². The number of hydrogen-bond donors (Lipinski definition) is 1. The molecule has 2 rings (SSSR count). The van der Waals surface area contributed by atoms with Gasteiger partial charge in [0.15, 0.2) is 12.7 Å². The topological polar surface area (TPSA) is 84.9 Å². The lowest BCUT2D eigenvalue weighted by molar-refractivity contribution is -0.158. The zero-order valence-electron chi connectivity index (χ0n) is 17.8. The van der Waals surface area contributed by atoms with Gasteiger partial charge in [-0.05, 0) is 43.5 Å². The van der Waals surface area contributed by atoms with Crippen LogP contribution in [0.25, 0.3) is 0 Å². The van der Waals surface area contributed by atoms with Crippen LogP contribution in [0.2, 0.25) is 0 Å². The Balaban J connectivity index is 1.83. The molecular weight excluding hydrogens is 384 g/mol. The highest BCUT2D eigenvalue weighted by Gasteiger charge is 2.22. The van der Waals surface area contributed by atoms with Gasteiger partial charge in [-0.25, -0.2) is 4.79 Å². The smallest absolute Gasteiger partial charge is 0.347 e. The van der Waals surface area contributed by atoms with Crippen LogP contribution in [0.1, 0.15) is 24.5 Å². The molecule has 2 aromatic rings. The fraction of sp³-hybridized carbons (Fsp3) is 0.348. The van der Waals surface area contributed by atoms with Gasteiger partial charge in [-0.1, -0.05) is 43.3 Å². The summed E-state index contributed by atoms with van der Waals surface area (Å²) in [5, 5.41) is 2.82. The number of hydrogen-bond acceptors (Lipinski definition) is 5. The SMILES string of the molecule is CC[C@@H](Oc1ccccc1)C(=O)OCC(=O)N(C)CC(=O)Nc1c(C)cccc1C. The Morgan fingerprint density at radius 3 is 2.23 bits per heavy atom. The fourth-order valence-electron chi connectivity index (χ4n) is 2.79. The average Bonchev–Trinajstić information content (AvgIpc) is 2.73. The van der Waals surface area contributed by atoms with Crippen molar-refractivity contribution in [2.24, 2.45) is 0 Å². The van der Waals surface area contributed by atoms with Crippen LogP contribution in [-0.2, 0) is 19.1 Å². The van der Waals surface area contributed by atoms with Crippen molar-refractivity contribution < 1.29 is 23.9 Å². The van der Waals surface area contributed by atoms with Crippen molar-refractivity contribution in [3.8, 4) is 5.75 Å². The predicted octanol–water partition coefficient (Wildman–Crippen LogP) is 3.10. The van der Waals surface area contributed by atoms with Crippen molar-refractivity contribution in [2.45, 2.75) is 33.3 Å². The maximum Gasteiger partial charge on any atom is 0.347 e. The van der Waals surface area contributed by atoms with Gasteiger partial charge in [0.1, 0.15) is 5.75 Å². The third-order valence-electron chi connectivity index (χ3n) is 4.55. The summed E-state index contributed by atoms with van der Waals surface area (Å²) in [6, 6.07) is 14.6. The normalized spacial score (nSPS) is 11.3. The summed E-state index contributed by atoms with van der Waals surface area (Å²) in [6.07, 6.45) is -0.409. The zero-order valence-corrected chi connectivity index (χ0v) is 17.8. The first-order valence-electron chi connectivity index (χ1n) is 9.80. The number of benzene rings is 2. The van der Waals surface area contributed by atoms with Crippen LogP contribution in [0.5, 0.6) is 5.75 Å². The second-order valence-corrected chi connectivity index (χ2v) is 7.00. The first kappa shape index (κ1) is 22.9. The molecule has 0 heterocycles. The zero-order chi connectivity index (χ0) is 22.1. The van der Waals surface area contributed by atoms with Gasteiger partial charge in [0, 0.05) is 12.7 Å². The second kappa shape index (κ2) is 11.0. The van der Waals surface area contributed by atoms with Crippen molar-refractivity contribution in [2.75, 3.05) is 25.5 Å². The first-order chi connectivity index (χ1) is 14.3. The summed E-state index contributed by atoms with van der Waals surface area (Å²) in [6.45, 7) is 4.99. The summed E-state index contributed by atoms with van der Waals surface area (Å²) >= 11 is 0. The lowest BCUT2D eigenvalue weighted by Crippen LogP contribution is -2.39. The fourth-order valence-corrected chi connectivity index (χ4v) is 2.79. The molecular formula is C23H28N2O5. The number of esters is 1. The summed E-state index contributed by atoms with van der Waals surface area (Å²) in [7, 11) is 1.48. The van der Waals surface area contributed by atoms with E-state index in [2.05, 4.69) is 5.32 Å². The van der Waals surface area contributed by atoms with E-state index in [1.54, 1.807) is 31.2 Å². The van der Waals surface area contributed by atoms with E-state index < -0.39 is 24.6 Å². The lowest BCUT2D eigenvalue weighted by Gasteiger charge is -2.19. The number of amides is 2. The Morgan fingerprint density at radius 1 is 1.00 bits per heavy atom. The van der Waals surface area contributed by atoms with Crippen molar-refractivity contribution in [3.63, 3.8) is 0 Å². The standard InChI is InChI=1S/C23H28N2O5/c1-5-19(30-18-12-7-6-8-13-18)23(28)29-15-21(27)25(4)14-20(26)24-22-16(2)10-9-11-17(22)3/h6-13,19H,5,14-15H2,1-4H3,(H,24,26)/t19-/m1/s1. The molecule has 1 atom stereocenters. The monoisotopic (exact) mass is 412 g/mol. The number of rotatable bonds is 9. The Morgan fingerprint density at radius 2 is 1.63 bits per heavy atom. The van der Waals surface area contributed by atoms with E-state index in [4.69, 9.17) is 9.47 Å². The Hall–Kier alpha value is -3.35. The van der Waals surface area contributed by atoms with Gasteiger partial charge in [-0.2, -0.15) is 0 Å². The Kier molecular flexibility index (Phi) is 8.41. The van der Waals surface area contributed by atoms with Gasteiger partial charge in [0.25, 0.3) is 5.91 Å². The Labute approximate surface area is 177 Å². The number of ether oxygens (including phenoxy) is 2. The van der Waals surface area contributed by atoms with Crippen LogP contribution < -0.4 is 10.1 Å². The molecule has 0 saturated carbocycles. The summed E-state index contributed by atoms with van der Waals surface area (Å²) in [4.78, 5) is 38.0. The highest BCUT2D eigenvalue weighted by Crippen LogP contribution is 2.19. The molecule has 0 aromatic heterocycles. The van der Waals surface area contributed by atoms with Crippen molar-refractivity contribution in [3.05, 3.63) is 59.7 Å². The third kappa shape index (κ3) is 6.62. The van der Waals surface area contributed by atoms with E-state index in [0.29, 0.717) is 12.2 Å². The van der Waals surface area contributed by atoms with Gasteiger partial charge in [-0.15, -0.1) is 0 Å². The highest BCUT2D eigenvalue weighted by molar-refractivity contribution is 5.96. The molecule has 0 saturated heterocycles. The first-order valence-corrected chi connectivity index (χ1v) is 9.80. The van der Waals surface area contributed by atoms with E-state index >= 15 is 0 Å². The molecule has 7 nitrogen and oxygen atoms in total. The number of carbonyl (C=O) groups is 3. The number of anilines is 1. The number of aryl methyl sites for hydroxylation is 2. The molecule has 7 heteroatoms. The number of carbonyl (C=O) groups excluding carboxylic acids is 3. The van der Waals surface area contributed by atoms with Crippen molar-refractivity contribution in [1.82, 2.24) is 4.90 Å². The van der Waals surface area contributed by atoms with E-state index in [9.17, 15) is 14.4 Å². The van der Waals surface area contributed by atoms with Gasteiger partial charge < -0.3 is 19.7 Å². The number of nitrogens with one attached hydrogen (secondary N) is 1. The van der Waals surface area contributed by atoms with E-state index in [1.807, 2.05) is 38.1 Å². The van der Waals surface area contributed by atoms with Crippen molar-refractivity contribution >= 4 is 23.5 Å². The molecule has 2 aromatic carbocycles. The number of para-hydroxylation sites is 2. The molecule has 30 heavy (non-hydrogen) atoms. The summed E-state index contributed by atoms with van der Waals surface area (Å²) < 4.78 is 10.7. The molecule has 0 unspecified atom stereocenters. The van der Waals surface area contributed by atoms with Gasteiger partial charge in [0.05, 0.1) is 6.54 Å². The van der Waals surface area contributed by atoms with Gasteiger partial charge >= 0.3 is 5.97 Å². The predicted molar refractivity (Wildman–Crippen MR) is 114 cm³/mol. The summed E-state index contributed by atoms with van der Waals surface area (Å²) in [5.74, 6) is -0.876. The lowest BCUT2D eigenvalue weighted by atomic mass is 10.1. The molecule has 160 valence electrons. The van der Waals surface area contributed by atoms with Crippen LogP contribution in [0.4, 0.5) is 5.69 Å². The largest absolute Gasteiger partial charge is 0.479 e. The molecule has 0 radical (unpaired) electrons. The molecule has 2 amide bonds. The molecule has 0 fully saturated rings. The van der Waals surface area contributed by atoms with Gasteiger partial charge in [-0.3, -0.25) is 9.59 Å². The maximum absolute atomic E-state index is 12.3. The molecule has 0 aliphatic heterocycles. The van der Waals surface area contributed by atoms with Gasteiger partial charge in [0.2, 0.25) is 5.91 Å². The minimum absolute atomic E-state index is 0.151. The number of nitrogens with zero attached hydrogens (tertiary/aromatic N) is 1.